The van der Waals surface area contributed by atoms with Crippen LogP contribution in [-0.2, 0) is 0 Å². The van der Waals surface area contributed by atoms with Crippen molar-refractivity contribution in [3.8, 4) is 6.07 Å². The van der Waals surface area contributed by atoms with E-state index in [1.54, 1.807) is 0 Å². The third-order valence-electron chi connectivity index (χ3n) is 3.45. The van der Waals surface area contributed by atoms with E-state index >= 15 is 0 Å². The quantitative estimate of drug-likeness (QED) is 0.802. The number of hydrogen-bond donors (Lipinski definition) is 0. The van der Waals surface area contributed by atoms with Crippen LogP contribution in [0, 0.1) is 18.3 Å². The highest BCUT2D eigenvalue weighted by Gasteiger charge is 2.21. The number of nitrogens with zero attached hydrogens (tertiary/aromatic N) is 2. The molecule has 17 heavy (non-hydrogen) atoms. The van der Waals surface area contributed by atoms with E-state index in [0.29, 0.717) is 0 Å². The first-order valence-corrected chi connectivity index (χ1v) is 7.32. The molecule has 1 fully saturated rings. The molecule has 0 aliphatic carbocycles. The molecule has 0 N–H and O–H groups in total. The van der Waals surface area contributed by atoms with E-state index in [1.165, 1.54) is 18.4 Å². The van der Waals surface area contributed by atoms with Crippen LogP contribution in [0.4, 0.5) is 5.69 Å². The van der Waals surface area contributed by atoms with Crippen molar-refractivity contribution < 1.29 is 0 Å². The summed E-state index contributed by atoms with van der Waals surface area (Å²) >= 11 is 1.97. The smallest absolute Gasteiger partial charge is 0.101 e. The summed E-state index contributed by atoms with van der Waals surface area (Å²) in [5, 5.41) is 9.98. The third kappa shape index (κ3) is 2.58. The Labute approximate surface area is 108 Å². The summed E-state index contributed by atoms with van der Waals surface area (Å²) in [6, 6.07) is 8.29. The molecule has 2 nitrogen and oxygen atoms in total. The summed E-state index contributed by atoms with van der Waals surface area (Å²) in [6.07, 6.45) is 4.63. The number of benzene rings is 1. The van der Waals surface area contributed by atoms with E-state index in [1.807, 2.05) is 23.9 Å². The molecule has 0 bridgehead atoms. The summed E-state index contributed by atoms with van der Waals surface area (Å²) in [5.74, 6) is 0. The molecule has 0 unspecified atom stereocenters. The van der Waals surface area contributed by atoms with Crippen LogP contribution in [0.15, 0.2) is 18.2 Å². The lowest BCUT2D eigenvalue weighted by atomic mass is 10.0. The van der Waals surface area contributed by atoms with Crippen LogP contribution >= 0.6 is 11.8 Å². The van der Waals surface area contributed by atoms with Crippen molar-refractivity contribution in [3.63, 3.8) is 0 Å². The highest BCUT2D eigenvalue weighted by atomic mass is 32.2. The third-order valence-corrected chi connectivity index (χ3v) is 4.59. The minimum Gasteiger partial charge on any atom is -0.370 e. The summed E-state index contributed by atoms with van der Waals surface area (Å²) in [5.41, 5.74) is 3.17. The Kier molecular flexibility index (Phi) is 3.96. The molecule has 0 radical (unpaired) electrons. The Balaban J connectivity index is 2.21. The minimum absolute atomic E-state index is 0.792. The zero-order valence-corrected chi connectivity index (χ0v) is 11.3. The molecule has 3 heteroatoms. The van der Waals surface area contributed by atoms with Gasteiger partial charge in [0.2, 0.25) is 0 Å². The minimum atomic E-state index is 0.792. The first-order chi connectivity index (χ1) is 8.26. The van der Waals surface area contributed by atoms with E-state index in [2.05, 4.69) is 30.2 Å². The first kappa shape index (κ1) is 12.3. The number of nitriles is 1. The van der Waals surface area contributed by atoms with Gasteiger partial charge in [0.25, 0.3) is 0 Å². The van der Waals surface area contributed by atoms with Gasteiger partial charge in [-0.2, -0.15) is 17.0 Å². The van der Waals surface area contributed by atoms with Gasteiger partial charge in [0.15, 0.2) is 0 Å². The molecule has 90 valence electrons. The highest BCUT2D eigenvalue weighted by Crippen LogP contribution is 2.30. The van der Waals surface area contributed by atoms with Crippen molar-refractivity contribution in [3.05, 3.63) is 29.3 Å². The maximum atomic E-state index is 9.19. The summed E-state index contributed by atoms with van der Waals surface area (Å²) in [6.45, 7) is 4.24. The van der Waals surface area contributed by atoms with Gasteiger partial charge >= 0.3 is 0 Å². The zero-order valence-electron chi connectivity index (χ0n) is 10.4. The number of anilines is 1. The van der Waals surface area contributed by atoms with Crippen LogP contribution in [0.2, 0.25) is 0 Å². The van der Waals surface area contributed by atoms with Gasteiger partial charge < -0.3 is 4.90 Å². The lowest BCUT2D eigenvalue weighted by Crippen LogP contribution is -2.35. The predicted octanol–water partition coefficient (Wildman–Crippen LogP) is 3.20. The van der Waals surface area contributed by atoms with Gasteiger partial charge in [-0.05, 0) is 37.7 Å². The highest BCUT2D eigenvalue weighted by molar-refractivity contribution is 7.99. The average Bonchev–Trinajstić information content (AvgIpc) is 2.38. The fourth-order valence-electron chi connectivity index (χ4n) is 2.48. The molecule has 1 aliphatic heterocycles. The fourth-order valence-corrected chi connectivity index (χ4v) is 3.17. The van der Waals surface area contributed by atoms with Crippen molar-refractivity contribution in [2.24, 2.45) is 0 Å². The molecular formula is C14H18N2S. The Morgan fingerprint density at radius 1 is 1.35 bits per heavy atom. The average molecular weight is 246 g/mol. The molecule has 1 aromatic carbocycles. The molecule has 0 saturated carbocycles. The molecule has 0 amide bonds. The largest absolute Gasteiger partial charge is 0.370 e. The van der Waals surface area contributed by atoms with Crippen LogP contribution in [0.3, 0.4) is 0 Å². The van der Waals surface area contributed by atoms with Crippen LogP contribution in [0.5, 0.6) is 0 Å². The van der Waals surface area contributed by atoms with Gasteiger partial charge in [0.1, 0.15) is 6.07 Å². The van der Waals surface area contributed by atoms with E-state index < -0.39 is 0 Å². The van der Waals surface area contributed by atoms with Gasteiger partial charge in [-0.25, -0.2) is 0 Å². The van der Waals surface area contributed by atoms with Crippen LogP contribution < -0.4 is 4.90 Å². The second kappa shape index (κ2) is 5.46. The topological polar surface area (TPSA) is 27.0 Å². The zero-order chi connectivity index (χ0) is 12.3. The van der Waals surface area contributed by atoms with Gasteiger partial charge in [0, 0.05) is 18.3 Å². The van der Waals surface area contributed by atoms with Crippen molar-refractivity contribution >= 4 is 17.4 Å². The number of aryl methyl sites for hydroxylation is 1. The SMILES string of the molecule is CSC1CCN(c2c(C)cccc2C#N)CC1. The van der Waals surface area contributed by atoms with E-state index in [0.717, 1.165) is 29.6 Å². The molecule has 0 spiro atoms. The van der Waals surface area contributed by atoms with E-state index in [-0.39, 0.29) is 0 Å². The predicted molar refractivity (Wildman–Crippen MR) is 74.6 cm³/mol. The van der Waals surface area contributed by atoms with Crippen molar-refractivity contribution in [1.29, 1.82) is 5.26 Å². The molecule has 1 saturated heterocycles. The first-order valence-electron chi connectivity index (χ1n) is 6.03. The van der Waals surface area contributed by atoms with Gasteiger partial charge in [-0.3, -0.25) is 0 Å². The summed E-state index contributed by atoms with van der Waals surface area (Å²) < 4.78 is 0. The number of thioether (sulfide) groups is 1. The second-order valence-corrected chi connectivity index (χ2v) is 5.64. The Bertz CT molecular complexity index is 428. The molecule has 0 aromatic heterocycles. The lowest BCUT2D eigenvalue weighted by Gasteiger charge is -2.34. The lowest BCUT2D eigenvalue weighted by molar-refractivity contribution is 0.590. The number of para-hydroxylation sites is 1. The van der Waals surface area contributed by atoms with Crippen molar-refractivity contribution in [2.75, 3.05) is 24.2 Å². The number of piperidine rings is 1. The molecule has 1 aliphatic rings. The summed E-state index contributed by atoms with van der Waals surface area (Å²) in [7, 11) is 0. The summed E-state index contributed by atoms with van der Waals surface area (Å²) in [4.78, 5) is 2.38. The van der Waals surface area contributed by atoms with Crippen molar-refractivity contribution in [1.82, 2.24) is 0 Å². The number of rotatable bonds is 2. The second-order valence-electron chi connectivity index (χ2n) is 4.50. The maximum Gasteiger partial charge on any atom is 0.101 e. The monoisotopic (exact) mass is 246 g/mol. The standard InChI is InChI=1S/C14H18N2S/c1-11-4-3-5-12(10-15)14(11)16-8-6-13(17-2)7-9-16/h3-5,13H,6-9H2,1-2H3. The molecule has 2 rings (SSSR count). The molecular weight excluding hydrogens is 228 g/mol. The molecule has 1 heterocycles. The molecule has 1 aromatic rings. The number of hydrogen-bond acceptors (Lipinski definition) is 3. The Morgan fingerprint density at radius 2 is 2.06 bits per heavy atom. The fraction of sp³-hybridized carbons (Fsp3) is 0.500. The van der Waals surface area contributed by atoms with Crippen LogP contribution in [-0.4, -0.2) is 24.6 Å². The maximum absolute atomic E-state index is 9.19. The van der Waals surface area contributed by atoms with Crippen LogP contribution in [0.1, 0.15) is 24.0 Å². The van der Waals surface area contributed by atoms with Crippen molar-refractivity contribution in [2.45, 2.75) is 25.0 Å². The van der Waals surface area contributed by atoms with E-state index in [4.69, 9.17) is 0 Å². The van der Waals surface area contributed by atoms with E-state index in [9.17, 15) is 5.26 Å². The molecule has 0 atom stereocenters. The Hall–Kier alpha value is -1.14. The van der Waals surface area contributed by atoms with Gasteiger partial charge in [-0.15, -0.1) is 0 Å². The Morgan fingerprint density at radius 3 is 2.65 bits per heavy atom. The van der Waals surface area contributed by atoms with Gasteiger partial charge in [-0.1, -0.05) is 12.1 Å². The van der Waals surface area contributed by atoms with Crippen LogP contribution in [0.25, 0.3) is 0 Å². The normalized spacial score (nSPS) is 16.9. The van der Waals surface area contributed by atoms with Gasteiger partial charge in [0.05, 0.1) is 11.3 Å².